The van der Waals surface area contributed by atoms with Gasteiger partial charge >= 0.3 is 11.7 Å². The normalized spacial score (nSPS) is 15.5. The molecule has 0 aliphatic carbocycles. The molecule has 0 radical (unpaired) electrons. The van der Waals surface area contributed by atoms with Crippen LogP contribution in [0.1, 0.15) is 42.1 Å². The zero-order chi connectivity index (χ0) is 24.2. The lowest BCUT2D eigenvalue weighted by atomic mass is 9.86. The van der Waals surface area contributed by atoms with E-state index in [0.717, 1.165) is 28.7 Å². The van der Waals surface area contributed by atoms with Crippen molar-refractivity contribution in [3.05, 3.63) is 99.1 Å². The lowest BCUT2D eigenvalue weighted by Gasteiger charge is -2.31. The van der Waals surface area contributed by atoms with E-state index in [9.17, 15) is 20.0 Å². The number of carbonyl (C=O) groups is 1. The molecule has 1 atom stereocenters. The second-order valence-electron chi connectivity index (χ2n) is 7.82. The van der Waals surface area contributed by atoms with Gasteiger partial charge in [-0.15, -0.1) is 0 Å². The second-order valence-corrected chi connectivity index (χ2v) is 7.82. The maximum absolute atomic E-state index is 12.8. The Bertz CT molecular complexity index is 1270. The summed E-state index contributed by atoms with van der Waals surface area (Å²) < 4.78 is 5.48. The molecule has 1 unspecified atom stereocenters. The van der Waals surface area contributed by atoms with Crippen LogP contribution in [-0.4, -0.2) is 22.7 Å². The Morgan fingerprint density at radius 2 is 1.76 bits per heavy atom. The topological polar surface area (TPSA) is 114 Å². The van der Waals surface area contributed by atoms with Crippen molar-refractivity contribution < 1.29 is 19.6 Å². The van der Waals surface area contributed by atoms with Gasteiger partial charge in [-0.3, -0.25) is 10.1 Å². The minimum absolute atomic E-state index is 0.0117. The summed E-state index contributed by atoms with van der Waals surface area (Å²) in [4.78, 5) is 23.8. The van der Waals surface area contributed by atoms with Gasteiger partial charge in [0.15, 0.2) is 5.75 Å². The van der Waals surface area contributed by atoms with Crippen molar-refractivity contribution in [3.63, 3.8) is 0 Å². The molecule has 1 aliphatic heterocycles. The number of urea groups is 1. The number of phenolic OH excluding ortho intramolecular Hbond substituents is 1. The maximum Gasteiger partial charge on any atom is 0.320 e. The fourth-order valence-corrected chi connectivity index (χ4v) is 4.10. The molecule has 0 bridgehead atoms. The lowest BCUT2D eigenvalue weighted by Crippen LogP contribution is -2.43. The molecule has 34 heavy (non-hydrogen) atoms. The summed E-state index contributed by atoms with van der Waals surface area (Å²) in [6.45, 7) is 3.99. The van der Waals surface area contributed by atoms with E-state index in [4.69, 9.17) is 4.74 Å². The highest BCUT2D eigenvalue weighted by Crippen LogP contribution is 2.44. The number of benzene rings is 3. The molecule has 1 aliphatic rings. The van der Waals surface area contributed by atoms with E-state index >= 15 is 0 Å². The van der Waals surface area contributed by atoms with E-state index in [2.05, 4.69) is 17.6 Å². The van der Waals surface area contributed by atoms with Crippen molar-refractivity contribution in [1.29, 1.82) is 0 Å². The zero-order valence-corrected chi connectivity index (χ0v) is 18.9. The highest BCUT2D eigenvalue weighted by molar-refractivity contribution is 6.03. The smallest absolute Gasteiger partial charge is 0.320 e. The number of hydrogen-bond acceptors (Lipinski definition) is 5. The third-order valence-corrected chi connectivity index (χ3v) is 5.69. The number of aromatic hydroxyl groups is 1. The van der Waals surface area contributed by atoms with Crippen LogP contribution in [-0.2, 0) is 6.42 Å². The van der Waals surface area contributed by atoms with E-state index in [1.165, 1.54) is 12.1 Å². The molecule has 0 aromatic heterocycles. The number of rotatable bonds is 7. The van der Waals surface area contributed by atoms with Crippen LogP contribution >= 0.6 is 0 Å². The molecule has 3 aromatic rings. The van der Waals surface area contributed by atoms with Crippen LogP contribution in [0.3, 0.4) is 0 Å². The molecule has 8 nitrogen and oxygen atoms in total. The number of nitrogens with one attached hydrogen (secondary N) is 2. The monoisotopic (exact) mass is 459 g/mol. The van der Waals surface area contributed by atoms with Gasteiger partial charge in [0, 0.05) is 11.6 Å². The highest BCUT2D eigenvalue weighted by Gasteiger charge is 2.33. The fourth-order valence-electron chi connectivity index (χ4n) is 4.10. The van der Waals surface area contributed by atoms with Crippen molar-refractivity contribution in [2.24, 2.45) is 0 Å². The molecule has 0 fully saturated rings. The first-order chi connectivity index (χ1) is 16.4. The van der Waals surface area contributed by atoms with Crippen LogP contribution < -0.4 is 15.4 Å². The molecular formula is C26H25N3O5. The Hall–Kier alpha value is -4.33. The number of hydrogen-bond donors (Lipinski definition) is 3. The SMILES string of the molecule is CCOc1cc(C2NC(=O)NC(c3ccccc3)=C2c2cccc(CC)c2)cc([N+](=O)[O-])c1O. The van der Waals surface area contributed by atoms with E-state index < -0.39 is 28.4 Å². The molecule has 2 amide bonds. The van der Waals surface area contributed by atoms with Crippen LogP contribution in [0.2, 0.25) is 0 Å². The van der Waals surface area contributed by atoms with Gasteiger partial charge in [0.2, 0.25) is 5.75 Å². The van der Waals surface area contributed by atoms with Crippen molar-refractivity contribution in [1.82, 2.24) is 10.6 Å². The largest absolute Gasteiger partial charge is 0.500 e. The summed E-state index contributed by atoms with van der Waals surface area (Å²) in [6, 6.07) is 19.0. The third-order valence-electron chi connectivity index (χ3n) is 5.69. The summed E-state index contributed by atoms with van der Waals surface area (Å²) >= 11 is 0. The lowest BCUT2D eigenvalue weighted by molar-refractivity contribution is -0.386. The quantitative estimate of drug-likeness (QED) is 0.333. The van der Waals surface area contributed by atoms with Crippen molar-refractivity contribution in [3.8, 4) is 11.5 Å². The van der Waals surface area contributed by atoms with E-state index in [1.807, 2.05) is 54.6 Å². The number of carbonyl (C=O) groups excluding carboxylic acids is 1. The van der Waals surface area contributed by atoms with Gasteiger partial charge in [-0.25, -0.2) is 4.79 Å². The molecule has 174 valence electrons. The second kappa shape index (κ2) is 9.66. The van der Waals surface area contributed by atoms with Crippen LogP contribution in [0.15, 0.2) is 66.7 Å². The molecule has 4 rings (SSSR count). The first kappa shape index (κ1) is 22.8. The summed E-state index contributed by atoms with van der Waals surface area (Å²) in [5.41, 5.74) is 4.08. The molecule has 3 aromatic carbocycles. The Morgan fingerprint density at radius 3 is 2.44 bits per heavy atom. The number of aryl methyl sites for hydroxylation is 1. The van der Waals surface area contributed by atoms with Crippen molar-refractivity contribution >= 4 is 23.0 Å². The third kappa shape index (κ3) is 4.43. The van der Waals surface area contributed by atoms with Crippen molar-refractivity contribution in [2.75, 3.05) is 6.61 Å². The summed E-state index contributed by atoms with van der Waals surface area (Å²) in [7, 11) is 0. The van der Waals surface area contributed by atoms with Gasteiger partial charge in [0.25, 0.3) is 0 Å². The minimum atomic E-state index is -0.727. The summed E-state index contributed by atoms with van der Waals surface area (Å²) in [6.07, 6.45) is 0.825. The van der Waals surface area contributed by atoms with Gasteiger partial charge in [-0.05, 0) is 41.7 Å². The predicted octanol–water partition coefficient (Wildman–Crippen LogP) is 5.18. The summed E-state index contributed by atoms with van der Waals surface area (Å²) in [5, 5.41) is 27.9. The van der Waals surface area contributed by atoms with Gasteiger partial charge in [-0.2, -0.15) is 0 Å². The first-order valence-corrected chi connectivity index (χ1v) is 11.0. The number of nitro benzene ring substituents is 1. The van der Waals surface area contributed by atoms with E-state index in [1.54, 1.807) is 6.92 Å². The standard InChI is InChI=1S/C26H25N3O5/c1-3-16-9-8-12-18(13-16)22-23(17-10-6-5-7-11-17)27-26(31)28-24(22)19-14-20(29(32)33)25(30)21(15-19)34-4-2/h5-15,24,30H,3-4H2,1-2H3,(H2,27,28,31). The number of amides is 2. The van der Waals surface area contributed by atoms with Crippen LogP contribution in [0.4, 0.5) is 10.5 Å². The zero-order valence-electron chi connectivity index (χ0n) is 18.9. The predicted molar refractivity (Wildman–Crippen MR) is 129 cm³/mol. The number of phenols is 1. The molecule has 0 saturated heterocycles. The number of nitro groups is 1. The Labute approximate surface area is 197 Å². The van der Waals surface area contributed by atoms with Crippen LogP contribution in [0, 0.1) is 10.1 Å². The van der Waals surface area contributed by atoms with E-state index in [-0.39, 0.29) is 12.4 Å². The molecular weight excluding hydrogens is 434 g/mol. The maximum atomic E-state index is 12.8. The van der Waals surface area contributed by atoms with Crippen LogP contribution in [0.25, 0.3) is 11.3 Å². The molecule has 8 heteroatoms. The van der Waals surface area contributed by atoms with Gasteiger partial charge < -0.3 is 20.5 Å². The van der Waals surface area contributed by atoms with Gasteiger partial charge in [0.1, 0.15) is 0 Å². The molecule has 0 spiro atoms. The van der Waals surface area contributed by atoms with Gasteiger partial charge in [-0.1, -0.05) is 61.5 Å². The minimum Gasteiger partial charge on any atom is -0.500 e. The van der Waals surface area contributed by atoms with Crippen molar-refractivity contribution in [2.45, 2.75) is 26.3 Å². The summed E-state index contributed by atoms with van der Waals surface area (Å²) in [5.74, 6) is -0.556. The average Bonchev–Trinajstić information content (AvgIpc) is 2.85. The number of nitrogens with zero attached hydrogens (tertiary/aromatic N) is 1. The number of ether oxygens (including phenoxy) is 1. The van der Waals surface area contributed by atoms with Crippen LogP contribution in [0.5, 0.6) is 11.5 Å². The first-order valence-electron chi connectivity index (χ1n) is 11.0. The average molecular weight is 460 g/mol. The molecule has 0 saturated carbocycles. The fraction of sp³-hybridized carbons (Fsp3) is 0.192. The Balaban J connectivity index is 2.00. The van der Waals surface area contributed by atoms with E-state index in [0.29, 0.717) is 11.3 Å². The van der Waals surface area contributed by atoms with Gasteiger partial charge in [0.05, 0.1) is 23.3 Å². The Morgan fingerprint density at radius 1 is 1.03 bits per heavy atom. The Kier molecular flexibility index (Phi) is 6.49. The molecule has 3 N–H and O–H groups in total. The molecule has 1 heterocycles. The highest BCUT2D eigenvalue weighted by atomic mass is 16.6.